The number of hydrogen-bond donors (Lipinski definition) is 1. The Morgan fingerprint density at radius 3 is 2.80 bits per heavy atom. The molecule has 112 valence electrons. The van der Waals surface area contributed by atoms with Crippen LogP contribution in [0.3, 0.4) is 0 Å². The van der Waals surface area contributed by atoms with E-state index in [-0.39, 0.29) is 6.10 Å². The van der Waals surface area contributed by atoms with Crippen molar-refractivity contribution in [3.63, 3.8) is 0 Å². The van der Waals surface area contributed by atoms with Crippen LogP contribution in [0.1, 0.15) is 18.4 Å². The molecule has 1 aromatic rings. The molecule has 0 saturated carbocycles. The number of nitrogens with zero attached hydrogens (tertiary/aromatic N) is 2. The lowest BCUT2D eigenvalue weighted by Crippen LogP contribution is -2.37. The summed E-state index contributed by atoms with van der Waals surface area (Å²) < 4.78 is 25.4. The Balaban J connectivity index is 2.14. The lowest BCUT2D eigenvalue weighted by Gasteiger charge is -2.30. The van der Waals surface area contributed by atoms with Crippen molar-refractivity contribution in [2.24, 2.45) is 0 Å². The average molecular weight is 298 g/mol. The van der Waals surface area contributed by atoms with Gasteiger partial charge in [0.25, 0.3) is 0 Å². The highest BCUT2D eigenvalue weighted by atomic mass is 32.2. The molecule has 6 heteroatoms. The van der Waals surface area contributed by atoms with Crippen LogP contribution in [-0.2, 0) is 16.6 Å². The number of hydrogen-bond acceptors (Lipinski definition) is 4. The quantitative estimate of drug-likeness (QED) is 0.897. The minimum Gasteiger partial charge on any atom is -0.392 e. The molecular formula is C14H22N2O3S. The summed E-state index contributed by atoms with van der Waals surface area (Å²) in [5.74, 6) is 0. The molecule has 1 heterocycles. The van der Waals surface area contributed by atoms with Crippen LogP contribution in [0.4, 0.5) is 0 Å². The van der Waals surface area contributed by atoms with Gasteiger partial charge in [-0.15, -0.1) is 0 Å². The van der Waals surface area contributed by atoms with Crippen molar-refractivity contribution < 1.29 is 13.5 Å². The number of aliphatic hydroxyl groups is 1. The second-order valence-electron chi connectivity index (χ2n) is 5.47. The zero-order chi connectivity index (χ0) is 14.8. The average Bonchev–Trinajstić information content (AvgIpc) is 2.39. The minimum absolute atomic E-state index is 0.266. The van der Waals surface area contributed by atoms with Crippen LogP contribution in [0.25, 0.3) is 0 Å². The highest BCUT2D eigenvalue weighted by Gasteiger charge is 2.20. The number of sulfonamides is 1. The standard InChI is InChI=1S/C14H22N2O3S/c1-15(2)20(18,19)14-7-3-5-12(9-14)10-16-8-4-6-13(17)11-16/h3,5,7,9,13,17H,4,6,8,10-11H2,1-2H3/t13-/m0/s1. The second kappa shape index (κ2) is 6.22. The maximum atomic E-state index is 12.1. The van der Waals surface area contributed by atoms with Gasteiger partial charge in [0.15, 0.2) is 0 Å². The van der Waals surface area contributed by atoms with Crippen LogP contribution in [0.5, 0.6) is 0 Å². The Bertz CT molecular complexity index is 557. The van der Waals surface area contributed by atoms with E-state index in [1.807, 2.05) is 6.07 Å². The zero-order valence-corrected chi connectivity index (χ0v) is 12.8. The molecule has 0 aromatic heterocycles. The first kappa shape index (κ1) is 15.4. The Morgan fingerprint density at radius 1 is 1.40 bits per heavy atom. The van der Waals surface area contributed by atoms with Gasteiger partial charge in [-0.2, -0.15) is 0 Å². The van der Waals surface area contributed by atoms with Crippen LogP contribution < -0.4 is 0 Å². The van der Waals surface area contributed by atoms with Crippen molar-refractivity contribution in [3.8, 4) is 0 Å². The molecule has 2 rings (SSSR count). The van der Waals surface area contributed by atoms with Crippen molar-refractivity contribution in [2.75, 3.05) is 27.2 Å². The highest BCUT2D eigenvalue weighted by molar-refractivity contribution is 7.89. The monoisotopic (exact) mass is 298 g/mol. The van der Waals surface area contributed by atoms with Crippen molar-refractivity contribution in [1.82, 2.24) is 9.21 Å². The van der Waals surface area contributed by atoms with E-state index in [1.165, 1.54) is 18.4 Å². The Morgan fingerprint density at radius 2 is 2.15 bits per heavy atom. The van der Waals surface area contributed by atoms with Gasteiger partial charge in [-0.05, 0) is 37.1 Å². The van der Waals surface area contributed by atoms with Crippen molar-refractivity contribution >= 4 is 10.0 Å². The van der Waals surface area contributed by atoms with Crippen LogP contribution in [0.15, 0.2) is 29.2 Å². The summed E-state index contributed by atoms with van der Waals surface area (Å²) in [6.45, 7) is 2.28. The largest absolute Gasteiger partial charge is 0.392 e. The van der Waals surface area contributed by atoms with Crippen molar-refractivity contribution in [1.29, 1.82) is 0 Å². The van der Waals surface area contributed by atoms with E-state index in [0.717, 1.165) is 24.9 Å². The topological polar surface area (TPSA) is 60.9 Å². The summed E-state index contributed by atoms with van der Waals surface area (Å²) in [5.41, 5.74) is 0.960. The molecule has 0 aliphatic carbocycles. The fourth-order valence-electron chi connectivity index (χ4n) is 2.45. The van der Waals surface area contributed by atoms with E-state index in [4.69, 9.17) is 0 Å². The van der Waals surface area contributed by atoms with Gasteiger partial charge in [-0.3, -0.25) is 4.90 Å². The lowest BCUT2D eigenvalue weighted by atomic mass is 10.1. The van der Waals surface area contributed by atoms with Crippen LogP contribution >= 0.6 is 0 Å². The van der Waals surface area contributed by atoms with Gasteiger partial charge < -0.3 is 5.11 Å². The Labute approximate surface area is 120 Å². The summed E-state index contributed by atoms with van der Waals surface area (Å²) in [5, 5.41) is 9.67. The number of benzene rings is 1. The number of rotatable bonds is 4. The lowest BCUT2D eigenvalue weighted by molar-refractivity contribution is 0.0668. The molecule has 1 aliphatic rings. The number of likely N-dealkylation sites (tertiary alicyclic amines) is 1. The second-order valence-corrected chi connectivity index (χ2v) is 7.62. The first-order chi connectivity index (χ1) is 9.39. The van der Waals surface area contributed by atoms with Gasteiger partial charge in [-0.1, -0.05) is 12.1 Å². The summed E-state index contributed by atoms with van der Waals surface area (Å²) in [4.78, 5) is 2.48. The Hall–Kier alpha value is -0.950. The van der Waals surface area contributed by atoms with E-state index in [9.17, 15) is 13.5 Å². The predicted molar refractivity (Wildman–Crippen MR) is 77.8 cm³/mol. The van der Waals surface area contributed by atoms with Crippen molar-refractivity contribution in [3.05, 3.63) is 29.8 Å². The summed E-state index contributed by atoms with van der Waals surface area (Å²) >= 11 is 0. The Kier molecular flexibility index (Phi) is 4.80. The van der Waals surface area contributed by atoms with E-state index in [2.05, 4.69) is 4.90 Å². The first-order valence-corrected chi connectivity index (χ1v) is 8.25. The van der Waals surface area contributed by atoms with Crippen LogP contribution in [-0.4, -0.2) is 56.0 Å². The maximum absolute atomic E-state index is 12.1. The third-order valence-electron chi connectivity index (χ3n) is 3.56. The molecule has 1 saturated heterocycles. The van der Waals surface area contributed by atoms with Crippen LogP contribution in [0.2, 0.25) is 0 Å². The molecule has 1 atom stereocenters. The SMILES string of the molecule is CN(C)S(=O)(=O)c1cccc(CN2CCC[C@H](O)C2)c1. The van der Waals surface area contributed by atoms with Gasteiger partial charge >= 0.3 is 0 Å². The fourth-order valence-corrected chi connectivity index (χ4v) is 3.42. The molecule has 0 spiro atoms. The molecule has 1 fully saturated rings. The molecule has 0 radical (unpaired) electrons. The van der Waals surface area contributed by atoms with Gasteiger partial charge in [0, 0.05) is 27.2 Å². The zero-order valence-electron chi connectivity index (χ0n) is 12.0. The molecule has 0 amide bonds. The third kappa shape index (κ3) is 3.58. The third-order valence-corrected chi connectivity index (χ3v) is 5.37. The first-order valence-electron chi connectivity index (χ1n) is 6.81. The molecule has 0 unspecified atom stereocenters. The molecule has 0 bridgehead atoms. The fraction of sp³-hybridized carbons (Fsp3) is 0.571. The van der Waals surface area contributed by atoms with E-state index in [0.29, 0.717) is 18.0 Å². The molecule has 1 aliphatic heterocycles. The normalized spacial score (nSPS) is 21.3. The van der Waals surface area contributed by atoms with Gasteiger partial charge in [0.2, 0.25) is 10.0 Å². The number of β-amino-alcohol motifs (C(OH)–C–C–N with tert-alkyl or cyclic N) is 1. The maximum Gasteiger partial charge on any atom is 0.242 e. The van der Waals surface area contributed by atoms with Crippen LogP contribution in [0, 0.1) is 0 Å². The molecule has 1 N–H and O–H groups in total. The van der Waals surface area contributed by atoms with Gasteiger partial charge in [0.1, 0.15) is 0 Å². The van der Waals surface area contributed by atoms with Gasteiger partial charge in [-0.25, -0.2) is 12.7 Å². The summed E-state index contributed by atoms with van der Waals surface area (Å²) in [6.07, 6.45) is 1.57. The smallest absolute Gasteiger partial charge is 0.242 e. The van der Waals surface area contributed by atoms with E-state index in [1.54, 1.807) is 18.2 Å². The number of aliphatic hydroxyl groups excluding tert-OH is 1. The molecule has 5 nitrogen and oxygen atoms in total. The van der Waals surface area contributed by atoms with Gasteiger partial charge in [0.05, 0.1) is 11.0 Å². The van der Waals surface area contributed by atoms with E-state index < -0.39 is 10.0 Å². The number of piperidine rings is 1. The summed E-state index contributed by atoms with van der Waals surface area (Å²) in [6, 6.07) is 7.03. The minimum atomic E-state index is -3.39. The molecule has 20 heavy (non-hydrogen) atoms. The highest BCUT2D eigenvalue weighted by Crippen LogP contribution is 2.18. The predicted octanol–water partition coefficient (Wildman–Crippen LogP) is 0.894. The molecule has 1 aromatic carbocycles. The molecular weight excluding hydrogens is 276 g/mol. The van der Waals surface area contributed by atoms with Crippen molar-refractivity contribution in [2.45, 2.75) is 30.4 Å². The summed E-state index contributed by atoms with van der Waals surface area (Å²) in [7, 11) is -0.324. The van der Waals surface area contributed by atoms with E-state index >= 15 is 0 Å².